The fourth-order valence-corrected chi connectivity index (χ4v) is 18.7. The summed E-state index contributed by atoms with van der Waals surface area (Å²) in [7, 11) is 0.381. The molecule has 6 aliphatic rings. The van der Waals surface area contributed by atoms with Gasteiger partial charge in [-0.25, -0.2) is 0 Å². The number of rotatable bonds is 67. The average molecular weight is 1950 g/mol. The smallest absolute Gasteiger partial charge is 0.248 e. The van der Waals surface area contributed by atoms with Gasteiger partial charge in [0.05, 0.1) is 97.3 Å². The first-order valence-electron chi connectivity index (χ1n) is 48.2. The number of amides is 8. The zero-order valence-electron chi connectivity index (χ0n) is 80.0. The molecule has 0 bridgehead atoms. The average Bonchev–Trinajstić information content (AvgIpc) is 0.649. The molecule has 8 rings (SSSR count). The minimum absolute atomic E-state index is 0.0832. The fraction of sp³-hybridized carbons (Fsp3) is 0.753. The van der Waals surface area contributed by atoms with E-state index >= 15 is 0 Å². The number of unbranched alkanes of at least 4 members (excludes halogenated alkanes) is 13. The maximum absolute atomic E-state index is 14.8. The van der Waals surface area contributed by atoms with Crippen molar-refractivity contribution in [2.24, 2.45) is 11.8 Å². The third-order valence-corrected chi connectivity index (χ3v) is 26.7. The number of carbonyl (C=O) groups is 8. The first-order chi connectivity index (χ1) is 65.6. The third-order valence-electron chi connectivity index (χ3n) is 25.0. The molecule has 1 saturated carbocycles. The van der Waals surface area contributed by atoms with Crippen LogP contribution in [0.25, 0.3) is 11.4 Å². The molecular weight excluding hydrogens is 1800 g/mol. The number of nitrogens with two attached hydrogens (primary N) is 1. The molecule has 42 nitrogen and oxygen atoms in total. The second kappa shape index (κ2) is 60.8. The van der Waals surface area contributed by atoms with Gasteiger partial charge in [-0.05, 0) is 95.0 Å². The summed E-state index contributed by atoms with van der Waals surface area (Å²) in [5.41, 5.74) is 4.27. The highest BCUT2D eigenvalue weighted by Crippen LogP contribution is 2.58. The zero-order chi connectivity index (χ0) is 98.4. The Morgan fingerprint density at radius 1 is 0.522 bits per heavy atom. The van der Waals surface area contributed by atoms with Gasteiger partial charge in [-0.15, -0.1) is 0 Å². The summed E-state index contributed by atoms with van der Waals surface area (Å²) in [6.45, 7) is 10.0. The molecular formula is C93H155N12O30P. The zero-order valence-corrected chi connectivity index (χ0v) is 81.0. The fourth-order valence-electron chi connectivity index (χ4n) is 17.6. The number of piperidine rings is 1. The number of para-hydroxylation sites is 1. The quantitative estimate of drug-likeness (QED) is 0.0176. The Bertz CT molecular complexity index is 3880. The number of anilines is 1. The molecule has 0 spiro atoms. The van der Waals surface area contributed by atoms with E-state index in [0.29, 0.717) is 123 Å². The third kappa shape index (κ3) is 34.6. The van der Waals surface area contributed by atoms with Crippen molar-refractivity contribution in [1.29, 1.82) is 0 Å². The minimum atomic E-state index is -1.58. The summed E-state index contributed by atoms with van der Waals surface area (Å²) < 4.78 is 76.7. The van der Waals surface area contributed by atoms with Gasteiger partial charge in [-0.3, -0.25) is 44.2 Å². The van der Waals surface area contributed by atoms with E-state index in [1.165, 1.54) is 26.1 Å². The van der Waals surface area contributed by atoms with Crippen molar-refractivity contribution in [3.8, 4) is 0 Å². The molecule has 136 heavy (non-hydrogen) atoms. The maximum Gasteiger partial charge on any atom is 0.248 e. The van der Waals surface area contributed by atoms with Crippen LogP contribution in [0.4, 0.5) is 5.69 Å². The van der Waals surface area contributed by atoms with Gasteiger partial charge >= 0.3 is 0 Å². The van der Waals surface area contributed by atoms with Gasteiger partial charge in [-0.2, -0.15) is 0 Å². The second-order valence-corrected chi connectivity index (χ2v) is 38.0. The number of aliphatic hydroxyl groups is 9. The van der Waals surface area contributed by atoms with Crippen molar-refractivity contribution < 1.29 is 145 Å². The van der Waals surface area contributed by atoms with Crippen molar-refractivity contribution in [2.45, 2.75) is 279 Å². The second-order valence-electron chi connectivity index (χ2n) is 35.7. The highest BCUT2D eigenvalue weighted by molar-refractivity contribution is 7.49. The lowest BCUT2D eigenvalue weighted by Gasteiger charge is -2.73. The molecule has 43 heteroatoms. The monoisotopic (exact) mass is 1950 g/mol. The molecule has 2 aromatic carbocycles. The van der Waals surface area contributed by atoms with E-state index in [1.807, 2.05) is 24.3 Å². The van der Waals surface area contributed by atoms with E-state index in [9.17, 15) is 84.3 Å². The summed E-state index contributed by atoms with van der Waals surface area (Å²) >= 11 is 0. The van der Waals surface area contributed by atoms with Crippen LogP contribution >= 0.6 is 8.00 Å². The van der Waals surface area contributed by atoms with Crippen molar-refractivity contribution >= 4 is 77.6 Å². The van der Waals surface area contributed by atoms with Gasteiger partial charge in [0.1, 0.15) is 81.1 Å². The number of hydrogen-bond donors (Lipinski definition) is 19. The van der Waals surface area contributed by atoms with Crippen LogP contribution in [-0.2, 0) is 106 Å². The van der Waals surface area contributed by atoms with Crippen LogP contribution in [-0.4, -0.2) is 365 Å². The van der Waals surface area contributed by atoms with Gasteiger partial charge in [-0.1, -0.05) is 100 Å². The van der Waals surface area contributed by atoms with Crippen LogP contribution in [0.15, 0.2) is 48.5 Å². The van der Waals surface area contributed by atoms with E-state index in [-0.39, 0.29) is 148 Å². The van der Waals surface area contributed by atoms with Crippen LogP contribution in [0, 0.1) is 5.92 Å². The number of hydrazine groups is 1. The molecule has 0 aromatic heterocycles. The van der Waals surface area contributed by atoms with E-state index in [2.05, 4.69) is 91.0 Å². The van der Waals surface area contributed by atoms with Gasteiger partial charge in [0.15, 0.2) is 30.0 Å². The number of likely N-dealkylation sites (tertiary alicyclic amines) is 1. The summed E-state index contributed by atoms with van der Waals surface area (Å²) in [6.07, 6.45) is -1.04. The summed E-state index contributed by atoms with van der Waals surface area (Å²) in [6, 6.07) is 14.4. The Morgan fingerprint density at radius 3 is 1.51 bits per heavy atom. The number of nitrogens with one attached hydrogen (secondary N) is 9. The highest BCUT2D eigenvalue weighted by atomic mass is 31.1. The Hall–Kier alpha value is -7.28. The Morgan fingerprint density at radius 2 is 1.01 bits per heavy atom. The lowest BCUT2D eigenvalue weighted by molar-refractivity contribution is -0.475. The first kappa shape index (κ1) is 114. The number of benzene rings is 2. The molecule has 5 aliphatic heterocycles. The van der Waals surface area contributed by atoms with Crippen LogP contribution in [0.3, 0.4) is 0 Å². The number of aliphatic hydroxyl groups excluding tert-OH is 9. The molecule has 4 saturated heterocycles. The van der Waals surface area contributed by atoms with Crippen molar-refractivity contribution in [1.82, 2.24) is 52.9 Å². The first-order valence-corrected chi connectivity index (χ1v) is 49.5. The topological polar surface area (TPSA) is 579 Å². The predicted molar refractivity (Wildman–Crippen MR) is 501 cm³/mol. The molecule has 8 amide bonds. The van der Waals surface area contributed by atoms with Gasteiger partial charge in [0, 0.05) is 142 Å². The number of hydrogen-bond acceptors (Lipinski definition) is 34. The molecule has 20 N–H and O–H groups in total. The van der Waals surface area contributed by atoms with Gasteiger partial charge < -0.3 is 165 Å². The number of fused-ring (bicyclic) bond motifs is 3. The van der Waals surface area contributed by atoms with Crippen molar-refractivity contribution in [3.05, 3.63) is 65.2 Å². The van der Waals surface area contributed by atoms with Crippen LogP contribution < -0.4 is 58.7 Å². The van der Waals surface area contributed by atoms with E-state index < -0.39 is 154 Å². The molecule has 5 heterocycles. The predicted octanol–water partition coefficient (Wildman–Crippen LogP) is -0.233. The molecule has 5 fully saturated rings. The maximum atomic E-state index is 14.8. The number of nitrogens with zero attached hydrogens (tertiary/aromatic N) is 2. The molecule has 16 unspecified atom stereocenters. The molecule has 2 aromatic rings. The van der Waals surface area contributed by atoms with Gasteiger partial charge in [0.25, 0.3) is 0 Å². The van der Waals surface area contributed by atoms with E-state index in [0.717, 1.165) is 72.4 Å². The van der Waals surface area contributed by atoms with Crippen LogP contribution in [0.2, 0.25) is 0 Å². The number of carbonyl (C=O) groups excluding carboxylic acids is 8. The Balaban J connectivity index is 0.830. The van der Waals surface area contributed by atoms with Crippen molar-refractivity contribution in [2.75, 3.05) is 170 Å². The van der Waals surface area contributed by atoms with Gasteiger partial charge in [0.2, 0.25) is 47.3 Å². The summed E-state index contributed by atoms with van der Waals surface area (Å²) in [5.74, 6) is 2.73. The largest absolute Gasteiger partial charge is 0.394 e. The Labute approximate surface area is 798 Å². The van der Waals surface area contributed by atoms with Crippen molar-refractivity contribution in [3.63, 3.8) is 0 Å². The van der Waals surface area contributed by atoms with Crippen LogP contribution in [0.1, 0.15) is 193 Å². The lowest BCUT2D eigenvalue weighted by atomic mass is 9.53. The lowest BCUT2D eigenvalue weighted by Crippen LogP contribution is -3.00. The van der Waals surface area contributed by atoms with Crippen LogP contribution in [0.5, 0.6) is 0 Å². The standard InChI is InChI=1S/C93H155N12O30P/c1-62(2)136(123-6)132-47-27-12-7-11-23-41-105-54-67-28-16-17-29-68(67)77(78(103-94)69-30-18-19-31-70(69)105)98-40-51-124-52-53-125-57-76(115)104-42-32-66(33-43-104)87(122)102-91(59-126-48-34-73(112)95-37-20-8-13-24-44-129-88-79(99-63(3)109)83(118)81(116)71(55-106)133-88,60-127-49-35-74(113)96-38-21-9-14-25-45-130-89-80(100-64(4)110)84(119)82(117)72(56-107)134-89)61-128-50-36-75(114)97-39-22-10-15-26-46-131-90-93(101-65(5)111)86(121)85(120)92(93,58-108)135-90/h16-19,28-31,66,71-72,79-86,88-90,98,103,106-108,116-121,136H,7-15,20-27,32-61,94H2,1-6H3,(H,95,112)(H,96,113)(H,97,114)(H,99,109)(H,100,110)(H,101,111)(H,102,122)/b78-77-. The number of ether oxygens (including phenoxy) is 11. The Kier molecular flexibility index (Phi) is 50.9. The van der Waals surface area contributed by atoms with E-state index in [4.69, 9.17) is 67.0 Å². The SMILES string of the molecule is CO[PH](OCCCCCCCN1Cc2ccccc2/C(NCCOCCOCC(=O)N2CCC(C(=O)NC(COCCC(=O)NCCCCCCOC3OC(CO)C(O)C(O)C3NC(C)=O)(COCCC(=O)NCCCCCCOC3OC(CO)C(O)C(O)C3NC(C)=O)COCCC(=O)NCCCCCCOC3OC4(CO)C(O)C(O)C34NC(C)=O)CC2)=C(/NN)c2ccccc21)=C(C)C. The molecule has 772 valence electrons. The normalized spacial score (nSPS) is 25.4. The molecule has 1 aliphatic carbocycles. The highest BCUT2D eigenvalue weighted by Gasteiger charge is 2.85. The summed E-state index contributed by atoms with van der Waals surface area (Å²) in [4.78, 5) is 108. The summed E-state index contributed by atoms with van der Waals surface area (Å²) in [5, 5.41) is 117. The minimum Gasteiger partial charge on any atom is -0.394 e. The molecule has 16 atom stereocenters. The molecule has 0 radical (unpaired) electrons. The van der Waals surface area contributed by atoms with E-state index in [1.54, 1.807) is 12.0 Å².